The average Bonchev–Trinajstić information content (AvgIpc) is 2.76. The van der Waals surface area contributed by atoms with Gasteiger partial charge in [0, 0.05) is 17.4 Å². The third-order valence-corrected chi connectivity index (χ3v) is 5.43. The van der Waals surface area contributed by atoms with Crippen molar-refractivity contribution in [1.82, 2.24) is 4.98 Å². The van der Waals surface area contributed by atoms with E-state index < -0.39 is 5.54 Å². The zero-order chi connectivity index (χ0) is 20.4. The van der Waals surface area contributed by atoms with Crippen molar-refractivity contribution in [2.24, 2.45) is 10.7 Å². The minimum absolute atomic E-state index is 0.113. The first kappa shape index (κ1) is 19.1. The van der Waals surface area contributed by atoms with Gasteiger partial charge in [-0.3, -0.25) is 9.78 Å². The minimum atomic E-state index is -1.24. The van der Waals surface area contributed by atoms with E-state index in [4.69, 9.17) is 22.3 Å². The number of nitrogens with zero attached hydrogens (tertiary/aromatic N) is 2. The van der Waals surface area contributed by atoms with Gasteiger partial charge in [0.05, 0.1) is 0 Å². The van der Waals surface area contributed by atoms with Gasteiger partial charge < -0.3 is 5.73 Å². The topological polar surface area (TPSA) is 68.3 Å². The van der Waals surface area contributed by atoms with Gasteiger partial charge in [-0.2, -0.15) is 0 Å². The van der Waals surface area contributed by atoms with Crippen LogP contribution in [0.4, 0.5) is 0 Å². The van der Waals surface area contributed by atoms with Gasteiger partial charge in [-0.25, -0.2) is 4.99 Å². The van der Waals surface area contributed by atoms with Crippen LogP contribution >= 0.6 is 11.6 Å². The standard InChI is InChI=1S/C24H20ClN3O/c1-2-16-15-22(29)24(28-23(16)26,19-9-11-27-12-10-19)20-7-3-5-17(13-20)18-6-4-8-21(25)14-18/h3-15H,2H2,1H3,(H2,26,28). The van der Waals surface area contributed by atoms with Gasteiger partial charge in [0.25, 0.3) is 0 Å². The monoisotopic (exact) mass is 401 g/mol. The summed E-state index contributed by atoms with van der Waals surface area (Å²) < 4.78 is 0. The van der Waals surface area contributed by atoms with Gasteiger partial charge in [-0.1, -0.05) is 48.9 Å². The Kier molecular flexibility index (Phi) is 5.03. The second kappa shape index (κ2) is 7.64. The molecule has 0 saturated carbocycles. The lowest BCUT2D eigenvalue weighted by Crippen LogP contribution is -2.40. The quantitative estimate of drug-likeness (QED) is 0.674. The number of amidine groups is 1. The van der Waals surface area contributed by atoms with Crippen LogP contribution in [0.15, 0.2) is 89.7 Å². The molecule has 1 aliphatic rings. The molecule has 144 valence electrons. The van der Waals surface area contributed by atoms with Crippen molar-refractivity contribution in [3.05, 3.63) is 101 Å². The molecule has 29 heavy (non-hydrogen) atoms. The molecule has 0 fully saturated rings. The maximum absolute atomic E-state index is 13.5. The van der Waals surface area contributed by atoms with Crippen molar-refractivity contribution in [1.29, 1.82) is 0 Å². The molecular formula is C24H20ClN3O. The van der Waals surface area contributed by atoms with E-state index in [9.17, 15) is 4.79 Å². The Hall–Kier alpha value is -3.24. The number of hydrogen-bond donors (Lipinski definition) is 1. The first-order valence-corrected chi connectivity index (χ1v) is 9.80. The van der Waals surface area contributed by atoms with Crippen LogP contribution in [0.1, 0.15) is 24.5 Å². The van der Waals surface area contributed by atoms with Crippen molar-refractivity contribution >= 4 is 23.2 Å². The number of nitrogens with two attached hydrogens (primary N) is 1. The lowest BCUT2D eigenvalue weighted by atomic mass is 9.77. The summed E-state index contributed by atoms with van der Waals surface area (Å²) in [5, 5.41) is 0.656. The van der Waals surface area contributed by atoms with Gasteiger partial charge in [-0.05, 0) is 70.7 Å². The number of aliphatic imine (C=N–C) groups is 1. The number of benzene rings is 2. The molecule has 4 nitrogen and oxygen atoms in total. The Labute approximate surface area is 174 Å². The summed E-state index contributed by atoms with van der Waals surface area (Å²) in [5.41, 5.74) is 9.19. The number of aromatic nitrogens is 1. The largest absolute Gasteiger partial charge is 0.384 e. The first-order chi connectivity index (χ1) is 14.0. The Morgan fingerprint density at radius 2 is 1.66 bits per heavy atom. The maximum atomic E-state index is 13.5. The fraction of sp³-hybridized carbons (Fsp3) is 0.125. The zero-order valence-corrected chi connectivity index (χ0v) is 16.7. The number of halogens is 1. The molecule has 5 heteroatoms. The highest BCUT2D eigenvalue weighted by atomic mass is 35.5. The zero-order valence-electron chi connectivity index (χ0n) is 16.0. The summed E-state index contributed by atoms with van der Waals surface area (Å²) in [7, 11) is 0. The average molecular weight is 402 g/mol. The number of hydrogen-bond acceptors (Lipinski definition) is 4. The van der Waals surface area contributed by atoms with E-state index in [-0.39, 0.29) is 5.78 Å². The molecule has 1 unspecified atom stereocenters. The van der Waals surface area contributed by atoms with Gasteiger partial charge >= 0.3 is 0 Å². The van der Waals surface area contributed by atoms with Crippen LogP contribution in [0.25, 0.3) is 11.1 Å². The second-order valence-corrected chi connectivity index (χ2v) is 7.36. The van der Waals surface area contributed by atoms with E-state index in [1.807, 2.05) is 67.6 Å². The van der Waals surface area contributed by atoms with Crippen LogP contribution in [0, 0.1) is 0 Å². The number of carbonyl (C=O) groups excluding carboxylic acids is 1. The molecule has 2 aromatic carbocycles. The number of pyridine rings is 1. The van der Waals surface area contributed by atoms with E-state index in [1.165, 1.54) is 0 Å². The van der Waals surface area contributed by atoms with E-state index in [2.05, 4.69) is 4.98 Å². The molecule has 1 atom stereocenters. The number of ketones is 1. The van der Waals surface area contributed by atoms with Crippen molar-refractivity contribution < 1.29 is 4.79 Å². The summed E-state index contributed by atoms with van der Waals surface area (Å²) in [5.74, 6) is 0.273. The van der Waals surface area contributed by atoms with Crippen molar-refractivity contribution in [3.8, 4) is 11.1 Å². The Morgan fingerprint density at radius 3 is 2.34 bits per heavy atom. The van der Waals surface area contributed by atoms with Gasteiger partial charge in [0.1, 0.15) is 5.84 Å². The van der Waals surface area contributed by atoms with E-state index in [0.29, 0.717) is 17.3 Å². The summed E-state index contributed by atoms with van der Waals surface area (Å²) in [6.45, 7) is 1.96. The van der Waals surface area contributed by atoms with Gasteiger partial charge in [0.15, 0.2) is 11.3 Å². The van der Waals surface area contributed by atoms with E-state index in [0.717, 1.165) is 27.8 Å². The van der Waals surface area contributed by atoms with Crippen LogP contribution in [-0.4, -0.2) is 16.6 Å². The molecular weight excluding hydrogens is 382 g/mol. The molecule has 4 rings (SSSR count). The van der Waals surface area contributed by atoms with Crippen LogP contribution in [0.5, 0.6) is 0 Å². The molecule has 0 amide bonds. The molecule has 0 radical (unpaired) electrons. The van der Waals surface area contributed by atoms with Gasteiger partial charge in [-0.15, -0.1) is 0 Å². The van der Waals surface area contributed by atoms with E-state index in [1.54, 1.807) is 18.5 Å². The normalized spacial score (nSPS) is 18.9. The lowest BCUT2D eigenvalue weighted by Gasteiger charge is -2.32. The smallest absolute Gasteiger partial charge is 0.192 e. The molecule has 2 heterocycles. The molecule has 0 spiro atoms. The second-order valence-electron chi connectivity index (χ2n) is 6.92. The molecule has 3 aromatic rings. The Bertz CT molecular complexity index is 1140. The molecule has 0 bridgehead atoms. The van der Waals surface area contributed by atoms with E-state index >= 15 is 0 Å². The summed E-state index contributed by atoms with van der Waals surface area (Å²) >= 11 is 6.17. The molecule has 2 N–H and O–H groups in total. The highest BCUT2D eigenvalue weighted by Crippen LogP contribution is 2.39. The Morgan fingerprint density at radius 1 is 0.966 bits per heavy atom. The lowest BCUT2D eigenvalue weighted by molar-refractivity contribution is -0.118. The van der Waals surface area contributed by atoms with Crippen molar-refractivity contribution in [2.45, 2.75) is 18.9 Å². The summed E-state index contributed by atoms with van der Waals surface area (Å²) in [6, 6.07) is 19.0. The SMILES string of the molecule is CCC1=CC(=O)C(c2ccncc2)(c2cccc(-c3cccc(Cl)c3)c2)N=C1N. The predicted molar refractivity (Wildman–Crippen MR) is 117 cm³/mol. The Balaban J connectivity index is 1.94. The van der Waals surface area contributed by atoms with Gasteiger partial charge in [0.2, 0.25) is 0 Å². The van der Waals surface area contributed by atoms with Crippen LogP contribution < -0.4 is 5.73 Å². The van der Waals surface area contributed by atoms with Crippen LogP contribution in [-0.2, 0) is 10.3 Å². The van der Waals surface area contributed by atoms with Crippen LogP contribution in [0.3, 0.4) is 0 Å². The summed E-state index contributed by atoms with van der Waals surface area (Å²) in [4.78, 5) is 22.3. The fourth-order valence-electron chi connectivity index (χ4n) is 3.69. The van der Waals surface area contributed by atoms with Crippen molar-refractivity contribution in [3.63, 3.8) is 0 Å². The third-order valence-electron chi connectivity index (χ3n) is 5.20. The van der Waals surface area contributed by atoms with Crippen molar-refractivity contribution in [2.75, 3.05) is 0 Å². The number of carbonyl (C=O) groups is 1. The minimum Gasteiger partial charge on any atom is -0.384 e. The summed E-state index contributed by atoms with van der Waals surface area (Å²) in [6.07, 6.45) is 5.59. The van der Waals surface area contributed by atoms with Crippen LogP contribution in [0.2, 0.25) is 5.02 Å². The molecule has 1 aliphatic heterocycles. The fourth-order valence-corrected chi connectivity index (χ4v) is 3.88. The predicted octanol–water partition coefficient (Wildman–Crippen LogP) is 4.92. The molecule has 0 aliphatic carbocycles. The number of dihydropyridines is 1. The highest BCUT2D eigenvalue weighted by Gasteiger charge is 2.43. The third kappa shape index (κ3) is 3.36. The number of rotatable bonds is 4. The maximum Gasteiger partial charge on any atom is 0.192 e. The molecule has 1 aromatic heterocycles. The first-order valence-electron chi connectivity index (χ1n) is 9.42. The highest BCUT2D eigenvalue weighted by molar-refractivity contribution is 6.30. The molecule has 0 saturated heterocycles.